The van der Waals surface area contributed by atoms with Crippen molar-refractivity contribution in [2.24, 2.45) is 0 Å². The van der Waals surface area contributed by atoms with E-state index in [4.69, 9.17) is 16.3 Å². The predicted octanol–water partition coefficient (Wildman–Crippen LogP) is 3.47. The quantitative estimate of drug-likeness (QED) is 0.214. The SMILES string of the molecule is CCc1c(N2CCN(C(=O)c3nc(C)cc(F)c3O)CC2)c(=O)n2nc(C3=CCOCC3)nc2n1CC(=O)Nc1ccc(C(F)(F)F)nc1Cl. The summed E-state index contributed by atoms with van der Waals surface area (Å²) < 4.78 is 61.5. The first-order valence-electron chi connectivity index (χ1n) is 15.5. The van der Waals surface area contributed by atoms with Crippen molar-refractivity contribution in [3.63, 3.8) is 0 Å². The minimum atomic E-state index is -4.73. The van der Waals surface area contributed by atoms with Gasteiger partial charge in [0.05, 0.1) is 24.6 Å². The molecule has 0 unspecified atom stereocenters. The van der Waals surface area contributed by atoms with Gasteiger partial charge in [0.25, 0.3) is 11.5 Å². The lowest BCUT2D eigenvalue weighted by molar-refractivity contribution is -0.141. The van der Waals surface area contributed by atoms with Crippen LogP contribution in [0.5, 0.6) is 5.75 Å². The van der Waals surface area contributed by atoms with Crippen LogP contribution in [0.4, 0.5) is 28.9 Å². The van der Waals surface area contributed by atoms with E-state index in [1.807, 2.05) is 0 Å². The molecule has 0 atom stereocenters. The number of carbonyl (C=O) groups is 2. The number of amides is 2. The Balaban J connectivity index is 1.35. The molecule has 2 aliphatic rings. The maximum atomic E-state index is 14.1. The summed E-state index contributed by atoms with van der Waals surface area (Å²) in [6, 6.07) is 2.70. The smallest absolute Gasteiger partial charge is 0.433 e. The lowest BCUT2D eigenvalue weighted by atomic mass is 10.1. The molecule has 0 spiro atoms. The van der Waals surface area contributed by atoms with Crippen LogP contribution in [0.3, 0.4) is 0 Å². The summed E-state index contributed by atoms with van der Waals surface area (Å²) in [7, 11) is 0. The number of hydrogen-bond donors (Lipinski definition) is 2. The second-order valence-electron chi connectivity index (χ2n) is 11.5. The number of ether oxygens (including phenoxy) is 1. The summed E-state index contributed by atoms with van der Waals surface area (Å²) in [5.41, 5.74) is -0.731. The van der Waals surface area contributed by atoms with E-state index in [2.05, 4.69) is 25.4 Å². The molecule has 14 nitrogen and oxygen atoms in total. The minimum absolute atomic E-state index is 0.0571. The molecule has 4 aromatic heterocycles. The van der Waals surface area contributed by atoms with Gasteiger partial charge in [0.2, 0.25) is 11.7 Å². The fraction of sp³-hybridized carbons (Fsp3) is 0.387. The predicted molar refractivity (Wildman–Crippen MR) is 172 cm³/mol. The molecule has 0 aromatic carbocycles. The van der Waals surface area contributed by atoms with Gasteiger partial charge >= 0.3 is 6.18 Å². The molecule has 4 aromatic rings. The minimum Gasteiger partial charge on any atom is -0.503 e. The van der Waals surface area contributed by atoms with E-state index < -0.39 is 58.2 Å². The maximum Gasteiger partial charge on any atom is 0.433 e. The van der Waals surface area contributed by atoms with Gasteiger partial charge in [-0.2, -0.15) is 22.7 Å². The first-order chi connectivity index (χ1) is 23.8. The average Bonchev–Trinajstić information content (AvgIpc) is 3.54. The van der Waals surface area contributed by atoms with Crippen molar-refractivity contribution in [2.45, 2.75) is 39.4 Å². The number of aromatic nitrogens is 6. The summed E-state index contributed by atoms with van der Waals surface area (Å²) in [4.78, 5) is 55.9. The number of piperazine rings is 1. The van der Waals surface area contributed by atoms with Crippen molar-refractivity contribution in [3.05, 3.63) is 74.2 Å². The molecule has 6 rings (SSSR count). The highest BCUT2D eigenvalue weighted by Crippen LogP contribution is 2.31. The fourth-order valence-electron chi connectivity index (χ4n) is 5.87. The Labute approximate surface area is 286 Å². The highest BCUT2D eigenvalue weighted by Gasteiger charge is 2.34. The number of hydrogen-bond acceptors (Lipinski definition) is 10. The van der Waals surface area contributed by atoms with Crippen LogP contribution in [0.15, 0.2) is 29.1 Å². The Hall–Kier alpha value is -5.10. The summed E-state index contributed by atoms with van der Waals surface area (Å²) in [5, 5.41) is 16.6. The molecule has 2 aliphatic heterocycles. The number of nitrogens with zero attached hydrogens (tertiary/aromatic N) is 8. The molecular formula is C31H30ClF4N9O5. The highest BCUT2D eigenvalue weighted by atomic mass is 35.5. The number of anilines is 2. The third-order valence-electron chi connectivity index (χ3n) is 8.29. The molecule has 19 heteroatoms. The number of fused-ring (bicyclic) bond motifs is 1. The van der Waals surface area contributed by atoms with Crippen LogP contribution in [0, 0.1) is 12.7 Å². The number of nitrogens with one attached hydrogen (secondary N) is 1. The second kappa shape index (κ2) is 13.7. The number of pyridine rings is 2. The third kappa shape index (κ3) is 6.72. The Morgan fingerprint density at radius 3 is 2.50 bits per heavy atom. The van der Waals surface area contributed by atoms with Crippen LogP contribution in [0.1, 0.15) is 46.7 Å². The molecule has 1 saturated heterocycles. The van der Waals surface area contributed by atoms with Crippen LogP contribution < -0.4 is 15.8 Å². The molecule has 0 saturated carbocycles. The Morgan fingerprint density at radius 1 is 1.12 bits per heavy atom. The highest BCUT2D eigenvalue weighted by molar-refractivity contribution is 6.32. The van der Waals surface area contributed by atoms with Gasteiger partial charge < -0.3 is 29.5 Å². The largest absolute Gasteiger partial charge is 0.503 e. The summed E-state index contributed by atoms with van der Waals surface area (Å²) in [5.74, 6) is -2.86. The normalized spacial score (nSPS) is 15.4. The zero-order valence-electron chi connectivity index (χ0n) is 26.7. The van der Waals surface area contributed by atoms with Gasteiger partial charge in [-0.25, -0.2) is 14.4 Å². The van der Waals surface area contributed by atoms with Crippen molar-refractivity contribution < 1.29 is 37.0 Å². The first-order valence-corrected chi connectivity index (χ1v) is 15.9. The number of halogens is 5. The molecule has 2 N–H and O–H groups in total. The van der Waals surface area contributed by atoms with Crippen LogP contribution in [-0.2, 0) is 28.7 Å². The Kier molecular flexibility index (Phi) is 9.50. The second-order valence-corrected chi connectivity index (χ2v) is 11.9. The van der Waals surface area contributed by atoms with E-state index in [1.165, 1.54) is 16.4 Å². The van der Waals surface area contributed by atoms with Crippen LogP contribution in [-0.4, -0.2) is 90.3 Å². The average molecular weight is 720 g/mol. The van der Waals surface area contributed by atoms with Gasteiger partial charge in [-0.1, -0.05) is 24.6 Å². The van der Waals surface area contributed by atoms with Crippen LogP contribution in [0.2, 0.25) is 5.15 Å². The topological polar surface area (TPSA) is 160 Å². The van der Waals surface area contributed by atoms with E-state index in [9.17, 15) is 37.1 Å². The van der Waals surface area contributed by atoms with Gasteiger partial charge in [0.1, 0.15) is 17.9 Å². The zero-order valence-corrected chi connectivity index (χ0v) is 27.5. The van der Waals surface area contributed by atoms with Crippen molar-refractivity contribution in [1.82, 2.24) is 34.0 Å². The number of aromatic hydroxyl groups is 1. The zero-order chi connectivity index (χ0) is 35.9. The first kappa shape index (κ1) is 34.8. The van der Waals surface area contributed by atoms with Crippen molar-refractivity contribution in [1.29, 1.82) is 0 Å². The molecule has 0 radical (unpaired) electrons. The molecule has 50 heavy (non-hydrogen) atoms. The van der Waals surface area contributed by atoms with E-state index in [-0.39, 0.29) is 61.3 Å². The lowest BCUT2D eigenvalue weighted by Gasteiger charge is -2.36. The summed E-state index contributed by atoms with van der Waals surface area (Å²) >= 11 is 5.98. The van der Waals surface area contributed by atoms with E-state index >= 15 is 0 Å². The number of alkyl halides is 3. The van der Waals surface area contributed by atoms with Gasteiger partial charge in [-0.3, -0.25) is 14.4 Å². The fourth-order valence-corrected chi connectivity index (χ4v) is 6.07. The molecule has 264 valence electrons. The lowest BCUT2D eigenvalue weighted by Crippen LogP contribution is -2.51. The summed E-state index contributed by atoms with van der Waals surface area (Å²) in [6.07, 6.45) is -2.20. The van der Waals surface area contributed by atoms with Gasteiger partial charge in [0.15, 0.2) is 28.2 Å². The van der Waals surface area contributed by atoms with E-state index in [0.29, 0.717) is 31.4 Å². The van der Waals surface area contributed by atoms with Gasteiger partial charge in [0, 0.05) is 31.9 Å². The van der Waals surface area contributed by atoms with Crippen LogP contribution >= 0.6 is 11.6 Å². The molecule has 0 aliphatic carbocycles. The molecule has 1 fully saturated rings. The van der Waals surface area contributed by atoms with Gasteiger partial charge in [-0.05, 0) is 43.5 Å². The van der Waals surface area contributed by atoms with Crippen molar-refractivity contribution in [3.8, 4) is 5.75 Å². The Bertz CT molecular complexity index is 2090. The molecule has 2 amide bonds. The van der Waals surface area contributed by atoms with Crippen molar-refractivity contribution >= 4 is 46.1 Å². The summed E-state index contributed by atoms with van der Waals surface area (Å²) in [6.45, 7) is 4.07. The van der Waals surface area contributed by atoms with E-state index in [1.54, 1.807) is 17.9 Å². The number of rotatable bonds is 7. The Morgan fingerprint density at radius 2 is 1.86 bits per heavy atom. The monoisotopic (exact) mass is 719 g/mol. The molecule has 6 heterocycles. The third-order valence-corrected chi connectivity index (χ3v) is 8.57. The molecule has 0 bridgehead atoms. The van der Waals surface area contributed by atoms with Crippen molar-refractivity contribution in [2.75, 3.05) is 49.6 Å². The van der Waals surface area contributed by atoms with Gasteiger partial charge in [-0.15, -0.1) is 5.10 Å². The number of carbonyl (C=O) groups excluding carboxylic acids is 2. The molecular weight excluding hydrogens is 690 g/mol. The number of aryl methyl sites for hydroxylation is 1. The van der Waals surface area contributed by atoms with Crippen LogP contribution in [0.25, 0.3) is 11.4 Å². The van der Waals surface area contributed by atoms with E-state index in [0.717, 1.165) is 22.2 Å². The maximum absolute atomic E-state index is 14.1. The standard InChI is InChI=1S/C31H30ClF4N9O5/c1-3-20-24(42-8-10-43(11-9-42)28(48)23-25(47)18(33)14-16(2)37-23)29(49)45-30(40-27(41-45)17-6-12-50-13-7-17)44(20)15-22(46)38-19-4-5-21(31(34,35)36)39-26(19)32/h4-6,14,47H,3,7-13,15H2,1-2H3,(H,38,46).